The molecule has 2 aliphatic rings. The van der Waals surface area contributed by atoms with Crippen LogP contribution in [-0.2, 0) is 11.2 Å². The number of allylic oxidation sites excluding steroid dienone is 2. The number of ether oxygens (including phenoxy) is 1. The number of methoxy groups -OCH3 is 1. The molecule has 1 aromatic rings. The lowest BCUT2D eigenvalue weighted by atomic mass is 9.77. The van der Waals surface area contributed by atoms with Gasteiger partial charge in [-0.2, -0.15) is 0 Å². The Morgan fingerprint density at radius 2 is 2.10 bits per heavy atom. The van der Waals surface area contributed by atoms with Crippen LogP contribution in [0.15, 0.2) is 23.8 Å². The highest BCUT2D eigenvalue weighted by Gasteiger charge is 2.48. The van der Waals surface area contributed by atoms with Gasteiger partial charge in [0.25, 0.3) is 0 Å². The van der Waals surface area contributed by atoms with Crippen LogP contribution >= 0.6 is 0 Å². The Bertz CT molecular complexity index is 597. The highest BCUT2D eigenvalue weighted by molar-refractivity contribution is 6.10. The van der Waals surface area contributed by atoms with Gasteiger partial charge in [-0.15, -0.1) is 0 Å². The van der Waals surface area contributed by atoms with E-state index in [9.17, 15) is 4.79 Å². The van der Waals surface area contributed by atoms with Gasteiger partial charge in [0.05, 0.1) is 7.11 Å². The molecule has 0 aliphatic heterocycles. The molecule has 2 heteroatoms. The molecule has 0 spiro atoms. The largest absolute Gasteiger partial charge is 0.497 e. The second-order valence-electron chi connectivity index (χ2n) is 6.18. The Balaban J connectivity index is 2.09. The van der Waals surface area contributed by atoms with Crippen molar-refractivity contribution in [3.63, 3.8) is 0 Å². The summed E-state index contributed by atoms with van der Waals surface area (Å²) in [4.78, 5) is 12.2. The van der Waals surface area contributed by atoms with E-state index in [1.807, 2.05) is 13.0 Å². The van der Waals surface area contributed by atoms with Gasteiger partial charge >= 0.3 is 0 Å². The molecule has 20 heavy (non-hydrogen) atoms. The van der Waals surface area contributed by atoms with Crippen LogP contribution in [0.2, 0.25) is 0 Å². The van der Waals surface area contributed by atoms with Gasteiger partial charge in [-0.05, 0) is 54.2 Å². The highest BCUT2D eigenvalue weighted by Crippen LogP contribution is 2.57. The zero-order valence-corrected chi connectivity index (χ0v) is 12.6. The lowest BCUT2D eigenvalue weighted by Gasteiger charge is -2.26. The van der Waals surface area contributed by atoms with Crippen LogP contribution in [0.4, 0.5) is 0 Å². The fourth-order valence-corrected chi connectivity index (χ4v) is 3.97. The molecule has 106 valence electrons. The number of Topliss-reactive ketones (excluding diaryl/α,β-unsaturated/α-hetero) is 1. The number of carbonyl (C=O) groups is 1. The third-order valence-corrected chi connectivity index (χ3v) is 4.94. The molecule has 2 nitrogen and oxygen atoms in total. The summed E-state index contributed by atoms with van der Waals surface area (Å²) in [5, 5.41) is 0. The van der Waals surface area contributed by atoms with Gasteiger partial charge in [0.15, 0.2) is 5.78 Å². The first kappa shape index (κ1) is 13.4. The van der Waals surface area contributed by atoms with E-state index in [0.717, 1.165) is 24.2 Å². The first-order valence-electron chi connectivity index (χ1n) is 7.53. The van der Waals surface area contributed by atoms with E-state index in [1.165, 1.54) is 29.5 Å². The number of benzene rings is 1. The van der Waals surface area contributed by atoms with Crippen molar-refractivity contribution in [1.29, 1.82) is 0 Å². The molecule has 0 aromatic heterocycles. The second-order valence-corrected chi connectivity index (χ2v) is 6.18. The Hall–Kier alpha value is -1.57. The monoisotopic (exact) mass is 270 g/mol. The van der Waals surface area contributed by atoms with Crippen molar-refractivity contribution in [3.8, 4) is 5.75 Å². The van der Waals surface area contributed by atoms with Crippen LogP contribution in [0.3, 0.4) is 0 Å². The standard InChI is InChI=1S/C18H22O2/c1-4-5-8-18-10-13-9-14(20-3)6-7-15(13)17(18)12(2)16(19)11-18/h6-7,9H,4-5,8,10-11H2,1-3H3. The Morgan fingerprint density at radius 1 is 1.30 bits per heavy atom. The minimum absolute atomic E-state index is 0.0753. The van der Waals surface area contributed by atoms with Gasteiger partial charge in [-0.25, -0.2) is 0 Å². The molecule has 0 N–H and O–H groups in total. The molecule has 0 bridgehead atoms. The number of fused-ring (bicyclic) bond motifs is 3. The van der Waals surface area contributed by atoms with E-state index in [0.29, 0.717) is 12.2 Å². The van der Waals surface area contributed by atoms with Gasteiger partial charge in [0.2, 0.25) is 0 Å². The van der Waals surface area contributed by atoms with Crippen molar-refractivity contribution < 1.29 is 9.53 Å². The lowest BCUT2D eigenvalue weighted by Crippen LogP contribution is -2.18. The number of rotatable bonds is 4. The average Bonchev–Trinajstić information content (AvgIpc) is 2.88. The Morgan fingerprint density at radius 3 is 2.80 bits per heavy atom. The lowest BCUT2D eigenvalue weighted by molar-refractivity contribution is -0.116. The molecule has 3 rings (SSSR count). The zero-order chi connectivity index (χ0) is 14.3. The molecular weight excluding hydrogens is 248 g/mol. The third kappa shape index (κ3) is 1.81. The summed E-state index contributed by atoms with van der Waals surface area (Å²) in [6, 6.07) is 6.29. The Labute approximate surface area is 120 Å². The van der Waals surface area contributed by atoms with E-state index in [2.05, 4.69) is 19.1 Å². The highest BCUT2D eigenvalue weighted by atomic mass is 16.5. The smallest absolute Gasteiger partial charge is 0.159 e. The topological polar surface area (TPSA) is 26.3 Å². The van der Waals surface area contributed by atoms with Crippen LogP contribution in [0.1, 0.15) is 50.7 Å². The molecule has 1 atom stereocenters. The summed E-state index contributed by atoms with van der Waals surface area (Å²) in [7, 11) is 1.71. The van der Waals surface area contributed by atoms with E-state index in [4.69, 9.17) is 4.74 Å². The third-order valence-electron chi connectivity index (χ3n) is 4.94. The zero-order valence-electron chi connectivity index (χ0n) is 12.6. The first-order chi connectivity index (χ1) is 9.61. The number of ketones is 1. The van der Waals surface area contributed by atoms with Crippen LogP contribution in [0.25, 0.3) is 5.57 Å². The minimum Gasteiger partial charge on any atom is -0.497 e. The van der Waals surface area contributed by atoms with Gasteiger partial charge < -0.3 is 4.74 Å². The van der Waals surface area contributed by atoms with Crippen molar-refractivity contribution >= 4 is 11.4 Å². The molecule has 2 aliphatic carbocycles. The fraction of sp³-hybridized carbons (Fsp3) is 0.500. The van der Waals surface area contributed by atoms with E-state index >= 15 is 0 Å². The van der Waals surface area contributed by atoms with Crippen LogP contribution in [0.5, 0.6) is 5.75 Å². The van der Waals surface area contributed by atoms with E-state index in [1.54, 1.807) is 7.11 Å². The number of carbonyl (C=O) groups excluding carboxylic acids is 1. The Kier molecular flexibility index (Phi) is 3.19. The number of hydrogen-bond donors (Lipinski definition) is 0. The van der Waals surface area contributed by atoms with Crippen molar-refractivity contribution in [2.75, 3.05) is 7.11 Å². The van der Waals surface area contributed by atoms with Gasteiger partial charge in [-0.1, -0.05) is 25.8 Å². The molecule has 1 unspecified atom stereocenters. The van der Waals surface area contributed by atoms with E-state index < -0.39 is 0 Å². The fourth-order valence-electron chi connectivity index (χ4n) is 3.97. The predicted molar refractivity (Wildman–Crippen MR) is 80.9 cm³/mol. The molecule has 0 fully saturated rings. The summed E-state index contributed by atoms with van der Waals surface area (Å²) >= 11 is 0. The maximum Gasteiger partial charge on any atom is 0.159 e. The average molecular weight is 270 g/mol. The minimum atomic E-state index is 0.0753. The molecule has 1 aromatic carbocycles. The molecule has 0 amide bonds. The maximum atomic E-state index is 12.2. The molecule has 0 saturated heterocycles. The summed E-state index contributed by atoms with van der Waals surface area (Å²) in [6.07, 6.45) is 5.19. The molecular formula is C18H22O2. The summed E-state index contributed by atoms with van der Waals surface area (Å²) < 4.78 is 5.34. The van der Waals surface area contributed by atoms with Crippen LogP contribution in [0, 0.1) is 5.41 Å². The summed E-state index contributed by atoms with van der Waals surface area (Å²) in [6.45, 7) is 4.22. The second kappa shape index (κ2) is 4.76. The first-order valence-corrected chi connectivity index (χ1v) is 7.53. The molecule has 0 radical (unpaired) electrons. The van der Waals surface area contributed by atoms with Crippen LogP contribution < -0.4 is 4.74 Å². The van der Waals surface area contributed by atoms with Crippen molar-refractivity contribution in [3.05, 3.63) is 34.9 Å². The SMILES string of the molecule is CCCCC12CC(=O)C(C)=C1c1ccc(OC)cc1C2. The number of hydrogen-bond acceptors (Lipinski definition) is 2. The van der Waals surface area contributed by atoms with Crippen molar-refractivity contribution in [2.45, 2.75) is 46.0 Å². The summed E-state index contributed by atoms with van der Waals surface area (Å²) in [5.41, 5.74) is 5.03. The summed E-state index contributed by atoms with van der Waals surface area (Å²) in [5.74, 6) is 1.26. The van der Waals surface area contributed by atoms with Gasteiger partial charge in [0.1, 0.15) is 5.75 Å². The molecule has 0 saturated carbocycles. The molecule has 0 heterocycles. The normalized spacial score (nSPS) is 24.1. The van der Waals surface area contributed by atoms with Gasteiger partial charge in [0, 0.05) is 11.8 Å². The quantitative estimate of drug-likeness (QED) is 0.820. The van der Waals surface area contributed by atoms with Crippen molar-refractivity contribution in [2.24, 2.45) is 5.41 Å². The number of unbranched alkanes of at least 4 members (excludes halogenated alkanes) is 1. The predicted octanol–water partition coefficient (Wildman–Crippen LogP) is 4.17. The van der Waals surface area contributed by atoms with Crippen LogP contribution in [-0.4, -0.2) is 12.9 Å². The van der Waals surface area contributed by atoms with E-state index in [-0.39, 0.29) is 5.41 Å². The van der Waals surface area contributed by atoms with Gasteiger partial charge in [-0.3, -0.25) is 4.79 Å². The maximum absolute atomic E-state index is 12.2. The van der Waals surface area contributed by atoms with Crippen molar-refractivity contribution in [1.82, 2.24) is 0 Å².